The smallest absolute Gasteiger partial charge is 0.303 e. The molecule has 0 unspecified atom stereocenters. The Labute approximate surface area is 193 Å². The molecule has 0 N–H and O–H groups in total. The molecule has 0 saturated carbocycles. The monoisotopic (exact) mass is 480 g/mol. The molecular weight excluding hydrogens is 460 g/mol. The van der Waals surface area contributed by atoms with Crippen molar-refractivity contribution < 1.29 is 33.3 Å². The van der Waals surface area contributed by atoms with Gasteiger partial charge in [0.25, 0.3) is 0 Å². The Balaban J connectivity index is 1.87. The Morgan fingerprint density at radius 3 is 2.09 bits per heavy atom. The van der Waals surface area contributed by atoms with Crippen LogP contribution in [0.4, 0.5) is 0 Å². The molecule has 0 bridgehead atoms. The maximum absolute atomic E-state index is 11.8. The molecule has 32 heavy (non-hydrogen) atoms. The van der Waals surface area contributed by atoms with Gasteiger partial charge in [0.1, 0.15) is 5.75 Å². The van der Waals surface area contributed by atoms with Crippen molar-refractivity contribution in [2.75, 3.05) is 5.75 Å². The zero-order chi connectivity index (χ0) is 23.3. The molecule has 9 nitrogen and oxygen atoms in total. The number of nitrogens with zero attached hydrogens (tertiary/aromatic N) is 2. The number of carbonyl (C=O) groups is 3. The summed E-state index contributed by atoms with van der Waals surface area (Å²) in [5, 5.41) is 0.479. The van der Waals surface area contributed by atoms with E-state index in [1.807, 2.05) is 0 Å². The van der Waals surface area contributed by atoms with Crippen LogP contribution >= 0.6 is 23.4 Å². The first-order chi connectivity index (χ1) is 15.2. The van der Waals surface area contributed by atoms with Crippen molar-refractivity contribution in [2.45, 2.75) is 44.5 Å². The summed E-state index contributed by atoms with van der Waals surface area (Å²) >= 11 is 7.29. The van der Waals surface area contributed by atoms with Crippen LogP contribution < -0.4 is 4.74 Å². The van der Waals surface area contributed by atoms with E-state index in [-0.39, 0.29) is 5.75 Å². The van der Waals surface area contributed by atoms with Gasteiger partial charge in [0.2, 0.25) is 0 Å². The van der Waals surface area contributed by atoms with Crippen molar-refractivity contribution in [3.63, 3.8) is 0 Å². The van der Waals surface area contributed by atoms with E-state index >= 15 is 0 Å². The van der Waals surface area contributed by atoms with Crippen LogP contribution in [0.15, 0.2) is 36.9 Å². The maximum Gasteiger partial charge on any atom is 0.303 e. The van der Waals surface area contributed by atoms with Gasteiger partial charge in [-0.3, -0.25) is 24.4 Å². The number of carbonyl (C=O) groups excluding carboxylic acids is 3. The van der Waals surface area contributed by atoms with Gasteiger partial charge >= 0.3 is 17.9 Å². The molecule has 1 aliphatic rings. The van der Waals surface area contributed by atoms with Crippen LogP contribution in [-0.4, -0.2) is 57.4 Å². The minimum Gasteiger partial charge on any atom is -0.474 e. The molecule has 1 saturated heterocycles. The minimum absolute atomic E-state index is 0.269. The SMILES string of the molecule is CC(=O)O[C@@H]1[C@@H](OC(C)=O)[C@@H](Oc2cncc(-c3cncc(Cl)c3)c2)SC[C@H]1OC(C)=O. The lowest BCUT2D eigenvalue weighted by molar-refractivity contribution is -0.186. The molecule has 1 aliphatic heterocycles. The Hall–Kier alpha value is -2.85. The Morgan fingerprint density at radius 1 is 0.875 bits per heavy atom. The zero-order valence-corrected chi connectivity index (χ0v) is 19.1. The van der Waals surface area contributed by atoms with E-state index < -0.39 is 41.7 Å². The van der Waals surface area contributed by atoms with E-state index in [0.29, 0.717) is 10.8 Å². The molecular formula is C21H21ClN2O7S. The van der Waals surface area contributed by atoms with E-state index in [9.17, 15) is 14.4 Å². The molecule has 4 atom stereocenters. The standard InChI is InChI=1S/C21H21ClN2O7S/c1-11(25)28-18-10-32-21(20(30-13(3)27)19(18)29-12(2)26)31-17-5-15(7-24-9-17)14-4-16(22)8-23-6-14/h4-9,18-21H,10H2,1-3H3/t18-,19+,20-,21+/m1/s1. The summed E-state index contributed by atoms with van der Waals surface area (Å²) in [4.78, 5) is 43.2. The topological polar surface area (TPSA) is 114 Å². The molecule has 0 spiro atoms. The van der Waals surface area contributed by atoms with E-state index in [4.69, 9.17) is 30.5 Å². The number of aromatic nitrogens is 2. The fraction of sp³-hybridized carbons (Fsp3) is 0.381. The third-order valence-electron chi connectivity index (χ3n) is 4.31. The number of pyridine rings is 2. The molecule has 1 fully saturated rings. The van der Waals surface area contributed by atoms with Gasteiger partial charge in [-0.1, -0.05) is 11.6 Å². The summed E-state index contributed by atoms with van der Waals surface area (Å²) in [6, 6.07) is 3.48. The maximum atomic E-state index is 11.8. The molecule has 0 aromatic carbocycles. The second kappa shape index (κ2) is 10.6. The Morgan fingerprint density at radius 2 is 1.47 bits per heavy atom. The summed E-state index contributed by atoms with van der Waals surface area (Å²) in [5.41, 5.74) is 0.720. The summed E-state index contributed by atoms with van der Waals surface area (Å²) in [6.07, 6.45) is 3.46. The van der Waals surface area contributed by atoms with E-state index in [1.165, 1.54) is 44.9 Å². The number of hydrogen-bond donors (Lipinski definition) is 0. The number of thioether (sulfide) groups is 1. The highest BCUT2D eigenvalue weighted by Gasteiger charge is 2.47. The molecule has 2 aromatic heterocycles. The molecule has 0 amide bonds. The van der Waals surface area contributed by atoms with Gasteiger partial charge in [0.15, 0.2) is 23.7 Å². The van der Waals surface area contributed by atoms with Crippen LogP contribution in [0.3, 0.4) is 0 Å². The number of rotatable bonds is 6. The molecule has 0 radical (unpaired) electrons. The fourth-order valence-electron chi connectivity index (χ4n) is 3.15. The van der Waals surface area contributed by atoms with E-state index in [0.717, 1.165) is 11.1 Å². The average molecular weight is 481 g/mol. The van der Waals surface area contributed by atoms with Gasteiger partial charge in [0.05, 0.1) is 11.2 Å². The number of ether oxygens (including phenoxy) is 4. The van der Waals surface area contributed by atoms with Crippen molar-refractivity contribution in [1.29, 1.82) is 0 Å². The highest BCUT2D eigenvalue weighted by molar-refractivity contribution is 7.99. The van der Waals surface area contributed by atoms with Crippen molar-refractivity contribution in [1.82, 2.24) is 9.97 Å². The Kier molecular flexibility index (Phi) is 7.92. The van der Waals surface area contributed by atoms with Crippen LogP contribution in [0.5, 0.6) is 5.75 Å². The fourth-order valence-corrected chi connectivity index (χ4v) is 4.55. The van der Waals surface area contributed by atoms with E-state index in [1.54, 1.807) is 24.5 Å². The van der Waals surface area contributed by atoms with Crippen molar-refractivity contribution in [3.05, 3.63) is 41.9 Å². The van der Waals surface area contributed by atoms with Crippen LogP contribution in [0.25, 0.3) is 11.1 Å². The average Bonchev–Trinajstić information content (AvgIpc) is 2.71. The third-order valence-corrected chi connectivity index (χ3v) is 5.73. The third kappa shape index (κ3) is 6.33. The van der Waals surface area contributed by atoms with Crippen LogP contribution in [0.1, 0.15) is 20.8 Å². The summed E-state index contributed by atoms with van der Waals surface area (Å²) in [5.74, 6) is -1.08. The van der Waals surface area contributed by atoms with Gasteiger partial charge in [-0.15, -0.1) is 11.8 Å². The molecule has 2 aromatic rings. The predicted molar refractivity (Wildman–Crippen MR) is 116 cm³/mol. The van der Waals surface area contributed by atoms with Crippen LogP contribution in [-0.2, 0) is 28.6 Å². The van der Waals surface area contributed by atoms with Gasteiger partial charge in [-0.2, -0.15) is 0 Å². The molecule has 0 aliphatic carbocycles. The van der Waals surface area contributed by atoms with Crippen LogP contribution in [0.2, 0.25) is 5.02 Å². The Bertz CT molecular complexity index is 1010. The first-order valence-electron chi connectivity index (χ1n) is 9.59. The lowest BCUT2D eigenvalue weighted by atomic mass is 10.1. The molecule has 170 valence electrons. The molecule has 3 heterocycles. The van der Waals surface area contributed by atoms with Gasteiger partial charge < -0.3 is 18.9 Å². The van der Waals surface area contributed by atoms with Crippen molar-refractivity contribution in [2.24, 2.45) is 0 Å². The van der Waals surface area contributed by atoms with Crippen LogP contribution in [0, 0.1) is 0 Å². The van der Waals surface area contributed by atoms with Gasteiger partial charge in [-0.05, 0) is 12.1 Å². The van der Waals surface area contributed by atoms with E-state index in [2.05, 4.69) is 9.97 Å². The summed E-state index contributed by atoms with van der Waals surface area (Å²) in [6.45, 7) is 3.71. The second-order valence-electron chi connectivity index (χ2n) is 6.92. The quantitative estimate of drug-likeness (QED) is 0.451. The first kappa shape index (κ1) is 23.8. The first-order valence-corrected chi connectivity index (χ1v) is 11.0. The largest absolute Gasteiger partial charge is 0.474 e. The summed E-state index contributed by atoms with van der Waals surface area (Å²) in [7, 11) is 0. The lowest BCUT2D eigenvalue weighted by Crippen LogP contribution is -2.55. The van der Waals surface area contributed by atoms with Crippen molar-refractivity contribution in [3.8, 4) is 16.9 Å². The predicted octanol–water partition coefficient (Wildman–Crippen LogP) is 3.04. The van der Waals surface area contributed by atoms with Gasteiger partial charge in [-0.25, -0.2) is 0 Å². The minimum atomic E-state index is -1.03. The normalized spacial score (nSPS) is 22.5. The molecule has 11 heteroatoms. The zero-order valence-electron chi connectivity index (χ0n) is 17.5. The van der Waals surface area contributed by atoms with Gasteiger partial charge in [0, 0.05) is 56.2 Å². The summed E-state index contributed by atoms with van der Waals surface area (Å²) < 4.78 is 22.1. The van der Waals surface area contributed by atoms with Crippen molar-refractivity contribution >= 4 is 41.3 Å². The second-order valence-corrected chi connectivity index (χ2v) is 8.48. The number of esters is 3. The number of hydrogen-bond acceptors (Lipinski definition) is 10. The molecule has 3 rings (SSSR count). The highest BCUT2D eigenvalue weighted by atomic mass is 35.5. The highest BCUT2D eigenvalue weighted by Crippen LogP contribution is 2.35. The lowest BCUT2D eigenvalue weighted by Gasteiger charge is -2.39. The number of halogens is 1.